The van der Waals surface area contributed by atoms with Crippen LogP contribution in [0.25, 0.3) is 16.9 Å². The third-order valence-electron chi connectivity index (χ3n) is 6.95. The molecule has 1 aliphatic rings. The number of hydrogen-bond donors (Lipinski definition) is 1. The summed E-state index contributed by atoms with van der Waals surface area (Å²) >= 11 is 0. The van der Waals surface area contributed by atoms with Crippen molar-refractivity contribution in [2.45, 2.75) is 46.1 Å². The predicted molar refractivity (Wildman–Crippen MR) is 145 cm³/mol. The summed E-state index contributed by atoms with van der Waals surface area (Å²) in [6.07, 6.45) is 3.71. The number of anilines is 1. The predicted octanol–water partition coefficient (Wildman–Crippen LogP) is 5.06. The first-order chi connectivity index (χ1) is 17.6. The van der Waals surface area contributed by atoms with Crippen LogP contribution in [0.3, 0.4) is 0 Å². The second kappa shape index (κ2) is 9.63. The molecule has 37 heavy (non-hydrogen) atoms. The Morgan fingerprint density at radius 1 is 1.03 bits per heavy atom. The van der Waals surface area contributed by atoms with Crippen molar-refractivity contribution in [3.8, 4) is 11.3 Å². The third kappa shape index (κ3) is 4.96. The summed E-state index contributed by atoms with van der Waals surface area (Å²) < 4.78 is 28.3. The van der Waals surface area contributed by atoms with E-state index in [1.54, 1.807) is 18.2 Å². The number of hydrogen-bond acceptors (Lipinski definition) is 5. The van der Waals surface area contributed by atoms with Gasteiger partial charge < -0.3 is 4.90 Å². The van der Waals surface area contributed by atoms with Crippen LogP contribution in [-0.4, -0.2) is 46.6 Å². The fourth-order valence-corrected chi connectivity index (χ4v) is 5.65. The van der Waals surface area contributed by atoms with E-state index in [-0.39, 0.29) is 17.6 Å². The van der Waals surface area contributed by atoms with Crippen molar-refractivity contribution in [2.24, 2.45) is 0 Å². The van der Waals surface area contributed by atoms with Crippen LogP contribution < -0.4 is 4.72 Å². The number of sulfonamides is 1. The Bertz CT molecular complexity index is 1600. The van der Waals surface area contributed by atoms with Gasteiger partial charge in [-0.15, -0.1) is 0 Å². The zero-order chi connectivity index (χ0) is 26.3. The van der Waals surface area contributed by atoms with E-state index in [4.69, 9.17) is 10.1 Å². The van der Waals surface area contributed by atoms with Crippen molar-refractivity contribution < 1.29 is 13.2 Å². The van der Waals surface area contributed by atoms with Gasteiger partial charge in [0, 0.05) is 23.9 Å². The summed E-state index contributed by atoms with van der Waals surface area (Å²) in [7, 11) is -3.54. The average Bonchev–Trinajstić information content (AvgIpc) is 3.28. The van der Waals surface area contributed by atoms with Gasteiger partial charge in [-0.05, 0) is 57.7 Å². The molecule has 5 rings (SSSR count). The number of benzene rings is 2. The van der Waals surface area contributed by atoms with Gasteiger partial charge in [-0.3, -0.25) is 9.52 Å². The molecule has 0 spiro atoms. The summed E-state index contributed by atoms with van der Waals surface area (Å²) in [6, 6.07) is 17.0. The van der Waals surface area contributed by atoms with Crippen LogP contribution in [0.1, 0.15) is 58.2 Å². The second-order valence-corrected chi connectivity index (χ2v) is 11.6. The maximum absolute atomic E-state index is 13.9. The van der Waals surface area contributed by atoms with E-state index in [0.29, 0.717) is 12.1 Å². The minimum Gasteiger partial charge on any atom is -0.330 e. The topological polar surface area (TPSA) is 96.7 Å². The molecule has 0 saturated carbocycles. The molecule has 1 unspecified atom stereocenters. The number of carbonyl (C=O) groups excluding carboxylic acids is 1. The second-order valence-electron chi connectivity index (χ2n) is 9.81. The highest BCUT2D eigenvalue weighted by Gasteiger charge is 2.32. The lowest BCUT2D eigenvalue weighted by molar-refractivity contribution is 0.0606. The summed E-state index contributed by atoms with van der Waals surface area (Å²) in [5, 5.41) is 4.99. The zero-order valence-electron chi connectivity index (χ0n) is 21.5. The van der Waals surface area contributed by atoms with Gasteiger partial charge in [0.05, 0.1) is 34.9 Å². The Morgan fingerprint density at radius 2 is 1.78 bits per heavy atom. The summed E-state index contributed by atoms with van der Waals surface area (Å²) in [6.45, 7) is 6.51. The number of nitrogens with one attached hydrogen (secondary N) is 1. The highest BCUT2D eigenvalue weighted by molar-refractivity contribution is 7.92. The average molecular weight is 518 g/mol. The van der Waals surface area contributed by atoms with E-state index in [0.717, 1.165) is 64.9 Å². The number of carbonyl (C=O) groups is 1. The van der Waals surface area contributed by atoms with E-state index in [1.807, 2.05) is 47.5 Å². The lowest BCUT2D eigenvalue weighted by atomic mass is 9.97. The van der Waals surface area contributed by atoms with Gasteiger partial charge in [0.25, 0.3) is 5.91 Å². The first-order valence-corrected chi connectivity index (χ1v) is 14.3. The molecule has 1 atom stereocenters. The largest absolute Gasteiger partial charge is 0.330 e. The van der Waals surface area contributed by atoms with E-state index in [1.165, 1.54) is 0 Å². The van der Waals surface area contributed by atoms with Crippen molar-refractivity contribution in [1.29, 1.82) is 0 Å². The van der Waals surface area contributed by atoms with Crippen molar-refractivity contribution in [3.05, 3.63) is 82.7 Å². The van der Waals surface area contributed by atoms with Gasteiger partial charge in [0.2, 0.25) is 10.0 Å². The number of nitrogens with zero attached hydrogens (tertiary/aromatic N) is 4. The quantitative estimate of drug-likeness (QED) is 0.399. The monoisotopic (exact) mass is 517 g/mol. The van der Waals surface area contributed by atoms with Crippen LogP contribution >= 0.6 is 0 Å². The lowest BCUT2D eigenvalue weighted by Gasteiger charge is -2.35. The van der Waals surface area contributed by atoms with E-state index in [9.17, 15) is 13.2 Å². The fraction of sp³-hybridized carbons (Fsp3) is 0.321. The van der Waals surface area contributed by atoms with Crippen LogP contribution in [0.4, 0.5) is 5.69 Å². The lowest BCUT2D eigenvalue weighted by Crippen LogP contribution is -2.39. The standard InChI is InChI=1S/C28H31N5O3S/c1-18-13-14-23(31-37(4,35)36)22(16-18)28(34)32-15-9-8-12-25(32)24-17-26-29-20(3)19(2)27(33(26)30-24)21-10-6-5-7-11-21/h5-7,10-11,13-14,16-17,25,31H,8-9,12,15H2,1-4H3. The van der Waals surface area contributed by atoms with Gasteiger partial charge in [-0.25, -0.2) is 17.9 Å². The molecule has 0 aliphatic carbocycles. The maximum atomic E-state index is 13.9. The number of aromatic nitrogens is 3. The molecule has 4 aromatic rings. The first-order valence-electron chi connectivity index (χ1n) is 12.4. The molecule has 1 N–H and O–H groups in total. The molecular weight excluding hydrogens is 486 g/mol. The van der Waals surface area contributed by atoms with Gasteiger partial charge in [-0.1, -0.05) is 42.0 Å². The molecule has 1 fully saturated rings. The number of aryl methyl sites for hydroxylation is 2. The van der Waals surface area contributed by atoms with Crippen molar-refractivity contribution in [3.63, 3.8) is 0 Å². The minimum atomic E-state index is -3.54. The summed E-state index contributed by atoms with van der Waals surface area (Å²) in [4.78, 5) is 20.5. The number of piperidine rings is 1. The summed E-state index contributed by atoms with van der Waals surface area (Å²) in [5.41, 5.74) is 7.07. The molecule has 1 saturated heterocycles. The third-order valence-corrected chi connectivity index (χ3v) is 7.55. The minimum absolute atomic E-state index is 0.208. The molecule has 8 nitrogen and oxygen atoms in total. The molecule has 192 valence electrons. The number of rotatable bonds is 5. The summed E-state index contributed by atoms with van der Waals surface area (Å²) in [5.74, 6) is -0.208. The van der Waals surface area contributed by atoms with Crippen LogP contribution in [0.15, 0.2) is 54.6 Å². The molecule has 9 heteroatoms. The van der Waals surface area contributed by atoms with Crippen LogP contribution in [0.2, 0.25) is 0 Å². The number of amides is 1. The SMILES string of the molecule is Cc1ccc(NS(C)(=O)=O)c(C(=O)N2CCCCC2c2cc3nc(C)c(C)c(-c4ccccc4)n3n2)c1. The number of fused-ring (bicyclic) bond motifs is 1. The Labute approximate surface area is 217 Å². The van der Waals surface area contributed by atoms with E-state index >= 15 is 0 Å². The molecule has 0 bridgehead atoms. The Morgan fingerprint density at radius 3 is 2.51 bits per heavy atom. The molecule has 1 amide bonds. The van der Waals surface area contributed by atoms with Crippen molar-refractivity contribution in [2.75, 3.05) is 17.5 Å². The smallest absolute Gasteiger partial charge is 0.256 e. The van der Waals surface area contributed by atoms with Gasteiger partial charge in [0.15, 0.2) is 5.65 Å². The molecule has 0 radical (unpaired) electrons. The van der Waals surface area contributed by atoms with Crippen LogP contribution in [0, 0.1) is 20.8 Å². The number of likely N-dealkylation sites (tertiary alicyclic amines) is 1. The molecule has 3 heterocycles. The molecule has 1 aliphatic heterocycles. The fourth-order valence-electron chi connectivity index (χ4n) is 5.08. The Kier molecular flexibility index (Phi) is 6.49. The molecule has 2 aromatic carbocycles. The van der Waals surface area contributed by atoms with Gasteiger partial charge >= 0.3 is 0 Å². The highest BCUT2D eigenvalue weighted by Crippen LogP contribution is 2.35. The maximum Gasteiger partial charge on any atom is 0.256 e. The van der Waals surface area contributed by atoms with Crippen molar-refractivity contribution in [1.82, 2.24) is 19.5 Å². The Balaban J connectivity index is 1.59. The van der Waals surface area contributed by atoms with Crippen LogP contribution in [0.5, 0.6) is 0 Å². The van der Waals surface area contributed by atoms with E-state index < -0.39 is 10.0 Å². The molecule has 2 aromatic heterocycles. The Hall–Kier alpha value is -3.72. The molecular formula is C28H31N5O3S. The normalized spacial score (nSPS) is 16.2. The van der Waals surface area contributed by atoms with Crippen molar-refractivity contribution >= 4 is 27.3 Å². The van der Waals surface area contributed by atoms with Gasteiger partial charge in [0.1, 0.15) is 0 Å². The first kappa shape index (κ1) is 25.0. The van der Waals surface area contributed by atoms with E-state index in [2.05, 4.69) is 23.8 Å². The highest BCUT2D eigenvalue weighted by atomic mass is 32.2. The zero-order valence-corrected chi connectivity index (χ0v) is 22.3. The van der Waals surface area contributed by atoms with Crippen LogP contribution in [-0.2, 0) is 10.0 Å². The van der Waals surface area contributed by atoms with Gasteiger partial charge in [-0.2, -0.15) is 5.10 Å².